The Balaban J connectivity index is 1.60. The molecule has 0 saturated heterocycles. The fraction of sp³-hybridized carbons (Fsp3) is 0. The van der Waals surface area contributed by atoms with E-state index in [1.807, 2.05) is 0 Å². The normalized spacial score (nSPS) is 11.5. The number of fused-ring (bicyclic) bond motifs is 2. The molecule has 26 heavy (non-hydrogen) atoms. The summed E-state index contributed by atoms with van der Waals surface area (Å²) in [7, 11) is 0. The Kier molecular flexibility index (Phi) is 3.05. The molecule has 2 aromatic carbocycles. The predicted molar refractivity (Wildman–Crippen MR) is 92.1 cm³/mol. The molecule has 0 fully saturated rings. The van der Waals surface area contributed by atoms with E-state index in [1.54, 1.807) is 24.3 Å². The van der Waals surface area contributed by atoms with Crippen LogP contribution in [0.2, 0.25) is 0 Å². The molecule has 0 atom stereocenters. The van der Waals surface area contributed by atoms with E-state index in [4.69, 9.17) is 0 Å². The summed E-state index contributed by atoms with van der Waals surface area (Å²) in [4.78, 5) is 23.8. The van der Waals surface area contributed by atoms with Crippen molar-refractivity contribution in [2.45, 2.75) is 0 Å². The number of benzene rings is 2. The van der Waals surface area contributed by atoms with E-state index < -0.39 is 0 Å². The number of aromatic amines is 2. The van der Waals surface area contributed by atoms with Gasteiger partial charge in [-0.25, -0.2) is 28.7 Å². The van der Waals surface area contributed by atoms with Gasteiger partial charge < -0.3 is 9.97 Å². The average molecular weight is 348 g/mol. The number of halogens is 2. The van der Waals surface area contributed by atoms with Crippen LogP contribution in [-0.4, -0.2) is 29.9 Å². The van der Waals surface area contributed by atoms with Gasteiger partial charge in [-0.1, -0.05) is 0 Å². The molecule has 0 saturated carbocycles. The fourth-order valence-corrected chi connectivity index (χ4v) is 2.72. The van der Waals surface area contributed by atoms with Gasteiger partial charge in [0.15, 0.2) is 22.6 Å². The summed E-state index contributed by atoms with van der Waals surface area (Å²) in [6.45, 7) is 0. The van der Waals surface area contributed by atoms with Gasteiger partial charge in [-0.2, -0.15) is 0 Å². The summed E-state index contributed by atoms with van der Waals surface area (Å²) in [5.74, 6) is 0.469. The lowest BCUT2D eigenvalue weighted by molar-refractivity contribution is 0.627. The zero-order valence-corrected chi connectivity index (χ0v) is 13.2. The second kappa shape index (κ2) is 5.41. The van der Waals surface area contributed by atoms with Gasteiger partial charge in [0.1, 0.15) is 23.3 Å². The van der Waals surface area contributed by atoms with Crippen LogP contribution < -0.4 is 0 Å². The molecule has 0 amide bonds. The van der Waals surface area contributed by atoms with Gasteiger partial charge in [-0.05, 0) is 48.5 Å². The first-order chi connectivity index (χ1) is 12.7. The largest absolute Gasteiger partial charge is 0.321 e. The molecule has 3 aromatic heterocycles. The highest BCUT2D eigenvalue weighted by atomic mass is 19.1. The van der Waals surface area contributed by atoms with Crippen molar-refractivity contribution >= 4 is 22.6 Å². The topological polar surface area (TPSA) is 83.1 Å². The van der Waals surface area contributed by atoms with Crippen LogP contribution in [0.5, 0.6) is 0 Å². The van der Waals surface area contributed by atoms with Crippen LogP contribution >= 0.6 is 0 Å². The molecule has 0 aliphatic heterocycles. The minimum absolute atomic E-state index is 0.313. The number of aromatic nitrogens is 6. The number of imidazole rings is 2. The number of hydrogen-bond donors (Lipinski definition) is 2. The van der Waals surface area contributed by atoms with Gasteiger partial charge in [-0.15, -0.1) is 0 Å². The third-order valence-corrected chi connectivity index (χ3v) is 4.00. The highest BCUT2D eigenvalue weighted by Gasteiger charge is 2.13. The minimum atomic E-state index is -0.313. The van der Waals surface area contributed by atoms with Crippen molar-refractivity contribution in [1.29, 1.82) is 0 Å². The van der Waals surface area contributed by atoms with Gasteiger partial charge >= 0.3 is 0 Å². The minimum Gasteiger partial charge on any atom is -0.321 e. The summed E-state index contributed by atoms with van der Waals surface area (Å²) in [5, 5.41) is 0. The van der Waals surface area contributed by atoms with E-state index in [0.717, 1.165) is 11.1 Å². The third kappa shape index (κ3) is 2.39. The second-order valence-electron chi connectivity index (χ2n) is 5.75. The lowest BCUT2D eigenvalue weighted by Crippen LogP contribution is -1.84. The summed E-state index contributed by atoms with van der Waals surface area (Å²) in [6, 6.07) is 12.0. The number of hydrogen-bond acceptors (Lipinski definition) is 4. The Bertz CT molecular complexity index is 1090. The number of rotatable bonds is 2. The van der Waals surface area contributed by atoms with Crippen molar-refractivity contribution < 1.29 is 8.78 Å². The molecule has 0 aliphatic rings. The summed E-state index contributed by atoms with van der Waals surface area (Å²) < 4.78 is 26.1. The van der Waals surface area contributed by atoms with Crippen molar-refractivity contribution in [3.8, 4) is 22.8 Å². The van der Waals surface area contributed by atoms with Crippen LogP contribution in [0.25, 0.3) is 45.4 Å². The van der Waals surface area contributed by atoms with E-state index in [-0.39, 0.29) is 11.6 Å². The van der Waals surface area contributed by atoms with Crippen LogP contribution in [-0.2, 0) is 0 Å². The summed E-state index contributed by atoms with van der Waals surface area (Å²) >= 11 is 0. The molecule has 2 N–H and O–H groups in total. The van der Waals surface area contributed by atoms with Gasteiger partial charge in [0, 0.05) is 11.1 Å². The maximum Gasteiger partial charge on any atom is 0.199 e. The number of H-pyrrole nitrogens is 2. The quantitative estimate of drug-likeness (QED) is 0.508. The summed E-state index contributed by atoms with van der Waals surface area (Å²) in [6.07, 6.45) is 0. The van der Waals surface area contributed by atoms with Crippen molar-refractivity contribution in [3.63, 3.8) is 0 Å². The average Bonchev–Trinajstić information content (AvgIpc) is 3.23. The van der Waals surface area contributed by atoms with Crippen molar-refractivity contribution in [3.05, 3.63) is 60.2 Å². The van der Waals surface area contributed by atoms with Crippen molar-refractivity contribution in [1.82, 2.24) is 29.9 Å². The van der Waals surface area contributed by atoms with Crippen LogP contribution in [0.4, 0.5) is 8.78 Å². The smallest absolute Gasteiger partial charge is 0.199 e. The Morgan fingerprint density at radius 3 is 1.31 bits per heavy atom. The molecule has 0 spiro atoms. The number of nitrogens with one attached hydrogen (secondary N) is 2. The fourth-order valence-electron chi connectivity index (χ4n) is 2.72. The van der Waals surface area contributed by atoms with E-state index in [0.29, 0.717) is 34.2 Å². The Hall–Kier alpha value is -3.68. The molecule has 8 heteroatoms. The molecule has 5 rings (SSSR count). The standard InChI is InChI=1S/C18H10F2N6/c19-11-5-1-9(2-6-11)13-21-15-16(22-13)26-18-17(25-15)23-14(24-18)10-3-7-12(20)8-4-10/h1-8H,(H2,21,22,23,24,25,26). The van der Waals surface area contributed by atoms with Crippen molar-refractivity contribution in [2.75, 3.05) is 0 Å². The molecule has 3 heterocycles. The zero-order valence-electron chi connectivity index (χ0n) is 13.2. The van der Waals surface area contributed by atoms with Gasteiger partial charge in [0.25, 0.3) is 0 Å². The maximum atomic E-state index is 13.1. The molecular formula is C18H10F2N6. The van der Waals surface area contributed by atoms with Crippen molar-refractivity contribution in [2.24, 2.45) is 0 Å². The highest BCUT2D eigenvalue weighted by molar-refractivity contribution is 5.82. The molecule has 0 radical (unpaired) electrons. The predicted octanol–water partition coefficient (Wildman–Crippen LogP) is 3.84. The molecule has 0 aliphatic carbocycles. The Morgan fingerprint density at radius 2 is 0.923 bits per heavy atom. The first-order valence-electron chi connectivity index (χ1n) is 7.81. The molecule has 0 bridgehead atoms. The first kappa shape index (κ1) is 14.6. The van der Waals surface area contributed by atoms with Crippen LogP contribution in [0.3, 0.4) is 0 Å². The van der Waals surface area contributed by atoms with Crippen LogP contribution in [0, 0.1) is 11.6 Å². The molecule has 5 aromatic rings. The third-order valence-electron chi connectivity index (χ3n) is 4.00. The number of nitrogens with zero attached hydrogens (tertiary/aromatic N) is 4. The van der Waals surface area contributed by atoms with Crippen LogP contribution in [0.15, 0.2) is 48.5 Å². The van der Waals surface area contributed by atoms with E-state index in [2.05, 4.69) is 29.9 Å². The molecule has 126 valence electrons. The van der Waals surface area contributed by atoms with Gasteiger partial charge in [-0.3, -0.25) is 0 Å². The van der Waals surface area contributed by atoms with Gasteiger partial charge in [0.05, 0.1) is 0 Å². The Morgan fingerprint density at radius 1 is 0.538 bits per heavy atom. The molecule has 6 nitrogen and oxygen atoms in total. The van der Waals surface area contributed by atoms with Gasteiger partial charge in [0.2, 0.25) is 0 Å². The monoisotopic (exact) mass is 348 g/mol. The first-order valence-corrected chi connectivity index (χ1v) is 7.81. The lowest BCUT2D eigenvalue weighted by atomic mass is 10.2. The second-order valence-corrected chi connectivity index (χ2v) is 5.75. The van der Waals surface area contributed by atoms with Crippen LogP contribution in [0.1, 0.15) is 0 Å². The zero-order chi connectivity index (χ0) is 17.7. The van der Waals surface area contributed by atoms with E-state index >= 15 is 0 Å². The molecule has 0 unspecified atom stereocenters. The SMILES string of the molecule is Fc1ccc(-c2nc3nc4[nH]c(-c5ccc(F)cc5)nc4nc3[nH]2)cc1. The Labute approximate surface area is 145 Å². The lowest BCUT2D eigenvalue weighted by Gasteiger charge is -1.94. The summed E-state index contributed by atoms with van der Waals surface area (Å²) in [5.41, 5.74) is 3.27. The highest BCUT2D eigenvalue weighted by Crippen LogP contribution is 2.22. The maximum absolute atomic E-state index is 13.1. The molecular weight excluding hydrogens is 338 g/mol. The van der Waals surface area contributed by atoms with E-state index in [9.17, 15) is 8.78 Å². The van der Waals surface area contributed by atoms with E-state index in [1.165, 1.54) is 24.3 Å².